The van der Waals surface area contributed by atoms with Crippen molar-refractivity contribution >= 4 is 11.5 Å². The van der Waals surface area contributed by atoms with Crippen LogP contribution in [0.1, 0.15) is 31.2 Å². The maximum Gasteiger partial charge on any atom is 0.259 e. The van der Waals surface area contributed by atoms with Gasteiger partial charge in [0.15, 0.2) is 0 Å². The van der Waals surface area contributed by atoms with Crippen molar-refractivity contribution in [2.45, 2.75) is 38.3 Å². The molecule has 0 bridgehead atoms. The van der Waals surface area contributed by atoms with E-state index in [4.69, 9.17) is 4.74 Å². The second kappa shape index (κ2) is 6.93. The Bertz CT molecular complexity index is 932. The van der Waals surface area contributed by atoms with Crippen molar-refractivity contribution in [2.75, 3.05) is 5.32 Å². The van der Waals surface area contributed by atoms with E-state index in [0.717, 1.165) is 18.4 Å². The first kappa shape index (κ1) is 15.6. The van der Waals surface area contributed by atoms with Gasteiger partial charge in [-0.05, 0) is 43.9 Å². The van der Waals surface area contributed by atoms with Crippen LogP contribution in [0.5, 0.6) is 5.88 Å². The Morgan fingerprint density at radius 3 is 2.96 bits per heavy atom. The van der Waals surface area contributed by atoms with Gasteiger partial charge in [0, 0.05) is 30.6 Å². The highest BCUT2D eigenvalue weighted by atomic mass is 16.5. The Kier molecular flexibility index (Phi) is 4.33. The minimum atomic E-state index is -0.110. The highest BCUT2D eigenvalue weighted by Crippen LogP contribution is 2.25. The molecule has 128 valence electrons. The zero-order chi connectivity index (χ0) is 17.1. The summed E-state index contributed by atoms with van der Waals surface area (Å²) in [5, 5.41) is 3.21. The molecule has 25 heavy (non-hydrogen) atoms. The van der Waals surface area contributed by atoms with Crippen LogP contribution in [0.15, 0.2) is 53.6 Å². The summed E-state index contributed by atoms with van der Waals surface area (Å²) in [6.45, 7) is 0.505. The molecule has 1 saturated carbocycles. The second-order valence-electron chi connectivity index (χ2n) is 6.25. The molecule has 6 heteroatoms. The van der Waals surface area contributed by atoms with E-state index in [0.29, 0.717) is 23.9 Å². The number of pyridine rings is 2. The Morgan fingerprint density at radius 1 is 1.20 bits per heavy atom. The summed E-state index contributed by atoms with van der Waals surface area (Å²) < 4.78 is 7.57. The average Bonchev–Trinajstić information content (AvgIpc) is 3.14. The lowest BCUT2D eigenvalue weighted by atomic mass is 10.2. The molecule has 3 aromatic heterocycles. The van der Waals surface area contributed by atoms with Crippen molar-refractivity contribution in [3.63, 3.8) is 0 Å². The molecule has 0 atom stereocenters. The monoisotopic (exact) mass is 336 g/mol. The normalized spacial score (nSPS) is 14.7. The number of fused-ring (bicyclic) bond motifs is 1. The summed E-state index contributed by atoms with van der Waals surface area (Å²) in [7, 11) is 0. The largest absolute Gasteiger partial charge is 0.474 e. The number of aromatic nitrogens is 3. The fraction of sp³-hybridized carbons (Fsp3) is 0.316. The minimum Gasteiger partial charge on any atom is -0.474 e. The predicted molar refractivity (Wildman–Crippen MR) is 95.9 cm³/mol. The fourth-order valence-electron chi connectivity index (χ4n) is 3.16. The van der Waals surface area contributed by atoms with Crippen LogP contribution in [0.3, 0.4) is 0 Å². The Labute approximate surface area is 145 Å². The lowest BCUT2D eigenvalue weighted by Crippen LogP contribution is -2.16. The van der Waals surface area contributed by atoms with Crippen LogP contribution in [-0.4, -0.2) is 20.5 Å². The van der Waals surface area contributed by atoms with E-state index >= 15 is 0 Å². The van der Waals surface area contributed by atoms with Gasteiger partial charge >= 0.3 is 0 Å². The summed E-state index contributed by atoms with van der Waals surface area (Å²) >= 11 is 0. The topological polar surface area (TPSA) is 68.5 Å². The van der Waals surface area contributed by atoms with Gasteiger partial charge in [-0.1, -0.05) is 12.1 Å². The minimum absolute atomic E-state index is 0.110. The van der Waals surface area contributed by atoms with Gasteiger partial charge < -0.3 is 10.1 Å². The molecule has 0 aliphatic heterocycles. The van der Waals surface area contributed by atoms with Gasteiger partial charge in [0.1, 0.15) is 17.6 Å². The summed E-state index contributed by atoms with van der Waals surface area (Å²) in [5.41, 5.74) is 1.47. The number of nitrogens with zero attached hydrogens (tertiary/aromatic N) is 3. The van der Waals surface area contributed by atoms with Gasteiger partial charge in [-0.3, -0.25) is 9.20 Å². The van der Waals surface area contributed by atoms with E-state index in [1.165, 1.54) is 23.3 Å². The van der Waals surface area contributed by atoms with Crippen molar-refractivity contribution in [3.05, 3.63) is 64.7 Å². The molecular formula is C19H20N4O2. The highest BCUT2D eigenvalue weighted by Gasteiger charge is 2.18. The molecule has 0 unspecified atom stereocenters. The summed E-state index contributed by atoms with van der Waals surface area (Å²) in [4.78, 5) is 21.0. The van der Waals surface area contributed by atoms with E-state index in [-0.39, 0.29) is 11.7 Å². The highest BCUT2D eigenvalue weighted by molar-refractivity contribution is 5.47. The van der Waals surface area contributed by atoms with Crippen LogP contribution in [0.25, 0.3) is 5.65 Å². The molecule has 3 aromatic rings. The summed E-state index contributed by atoms with van der Waals surface area (Å²) in [6.07, 6.45) is 8.33. The van der Waals surface area contributed by atoms with E-state index in [2.05, 4.69) is 15.3 Å². The fourth-order valence-corrected chi connectivity index (χ4v) is 3.16. The van der Waals surface area contributed by atoms with Crippen LogP contribution < -0.4 is 15.6 Å². The van der Waals surface area contributed by atoms with Crippen molar-refractivity contribution in [3.8, 4) is 5.88 Å². The molecule has 3 heterocycles. The quantitative estimate of drug-likeness (QED) is 0.776. The Hall–Kier alpha value is -2.89. The second-order valence-corrected chi connectivity index (χ2v) is 6.25. The molecule has 4 rings (SSSR count). The third-order valence-corrected chi connectivity index (χ3v) is 4.46. The zero-order valence-electron chi connectivity index (χ0n) is 13.9. The third-order valence-electron chi connectivity index (χ3n) is 4.46. The van der Waals surface area contributed by atoms with Crippen molar-refractivity contribution < 1.29 is 4.74 Å². The van der Waals surface area contributed by atoms with Crippen LogP contribution in [0, 0.1) is 0 Å². The number of nitrogens with one attached hydrogen (secondary N) is 1. The molecule has 1 aliphatic carbocycles. The molecule has 1 fully saturated rings. The SMILES string of the molecule is O=c1cc(NCc2cccnc2OC2CCCC2)nc2ccccn12. The number of ether oxygens (including phenoxy) is 1. The molecule has 0 amide bonds. The van der Waals surface area contributed by atoms with Crippen molar-refractivity contribution in [1.82, 2.24) is 14.4 Å². The van der Waals surface area contributed by atoms with Gasteiger partial charge in [-0.15, -0.1) is 0 Å². The van der Waals surface area contributed by atoms with Crippen LogP contribution >= 0.6 is 0 Å². The Balaban J connectivity index is 1.52. The zero-order valence-corrected chi connectivity index (χ0v) is 13.9. The lowest BCUT2D eigenvalue weighted by Gasteiger charge is -2.15. The third kappa shape index (κ3) is 3.47. The van der Waals surface area contributed by atoms with E-state index in [1.54, 1.807) is 12.4 Å². The maximum absolute atomic E-state index is 12.2. The van der Waals surface area contributed by atoms with Crippen molar-refractivity contribution in [1.29, 1.82) is 0 Å². The maximum atomic E-state index is 12.2. The van der Waals surface area contributed by atoms with E-state index in [9.17, 15) is 4.79 Å². The van der Waals surface area contributed by atoms with Crippen LogP contribution in [-0.2, 0) is 6.54 Å². The first-order valence-electron chi connectivity index (χ1n) is 8.62. The first-order valence-corrected chi connectivity index (χ1v) is 8.62. The molecule has 1 aliphatic rings. The van der Waals surface area contributed by atoms with Crippen LogP contribution in [0.4, 0.5) is 5.82 Å². The summed E-state index contributed by atoms with van der Waals surface area (Å²) in [5.74, 6) is 1.21. The van der Waals surface area contributed by atoms with Gasteiger partial charge in [-0.25, -0.2) is 9.97 Å². The van der Waals surface area contributed by atoms with E-state index in [1.807, 2.05) is 30.3 Å². The van der Waals surface area contributed by atoms with Gasteiger partial charge in [0.05, 0.1) is 0 Å². The molecule has 0 saturated heterocycles. The average molecular weight is 336 g/mol. The molecule has 6 nitrogen and oxygen atoms in total. The van der Waals surface area contributed by atoms with Crippen LogP contribution in [0.2, 0.25) is 0 Å². The lowest BCUT2D eigenvalue weighted by molar-refractivity contribution is 0.199. The number of hydrogen-bond donors (Lipinski definition) is 1. The molecular weight excluding hydrogens is 316 g/mol. The smallest absolute Gasteiger partial charge is 0.259 e. The summed E-state index contributed by atoms with van der Waals surface area (Å²) in [6, 6.07) is 10.9. The molecule has 0 radical (unpaired) electrons. The first-order chi connectivity index (χ1) is 12.3. The number of anilines is 1. The number of hydrogen-bond acceptors (Lipinski definition) is 5. The molecule has 1 N–H and O–H groups in total. The molecule has 0 spiro atoms. The number of rotatable bonds is 5. The van der Waals surface area contributed by atoms with Gasteiger partial charge in [0.2, 0.25) is 5.88 Å². The Morgan fingerprint density at radius 2 is 2.08 bits per heavy atom. The van der Waals surface area contributed by atoms with E-state index < -0.39 is 0 Å². The van der Waals surface area contributed by atoms with Gasteiger partial charge in [0.25, 0.3) is 5.56 Å². The van der Waals surface area contributed by atoms with Gasteiger partial charge in [-0.2, -0.15) is 0 Å². The molecule has 0 aromatic carbocycles. The predicted octanol–water partition coefficient (Wildman–Crippen LogP) is 3.02. The standard InChI is InChI=1S/C19H20N4O2/c24-18-12-16(22-17-9-3-4-11-23(17)18)21-13-14-6-5-10-20-19(14)25-15-7-1-2-8-15/h3-6,9-12,15,21H,1-2,7-8,13H2. The van der Waals surface area contributed by atoms with Crippen molar-refractivity contribution in [2.24, 2.45) is 0 Å².